The lowest BCUT2D eigenvalue weighted by Crippen LogP contribution is -1.98. The van der Waals surface area contributed by atoms with Crippen molar-refractivity contribution in [2.45, 2.75) is 6.42 Å². The van der Waals surface area contributed by atoms with Gasteiger partial charge in [0, 0.05) is 12.0 Å². The molecule has 5 heteroatoms. The van der Waals surface area contributed by atoms with Crippen LogP contribution in [-0.4, -0.2) is 30.2 Å². The zero-order chi connectivity index (χ0) is 18.4. The van der Waals surface area contributed by atoms with Crippen LogP contribution in [0.5, 0.6) is 11.5 Å². The maximum absolute atomic E-state index is 12.1. The van der Waals surface area contributed by atoms with Crippen LogP contribution in [0.4, 0.5) is 0 Å². The van der Waals surface area contributed by atoms with Gasteiger partial charge in [0.15, 0.2) is 5.78 Å². The molecule has 5 nitrogen and oxygen atoms in total. The highest BCUT2D eigenvalue weighted by Crippen LogP contribution is 2.21. The largest absolute Gasteiger partial charge is 0.497 e. The van der Waals surface area contributed by atoms with Crippen LogP contribution in [0.15, 0.2) is 60.7 Å². The van der Waals surface area contributed by atoms with Crippen LogP contribution in [0.3, 0.4) is 0 Å². The number of allylic oxidation sites excluding steroid dienone is 1. The number of hydrogen-bond donors (Lipinski definition) is 1. The zero-order valence-corrected chi connectivity index (χ0v) is 14.7. The average Bonchev–Trinajstić information content (AvgIpc) is 3.16. The van der Waals surface area contributed by atoms with E-state index >= 15 is 0 Å². The van der Waals surface area contributed by atoms with Crippen molar-refractivity contribution in [3.63, 3.8) is 0 Å². The molecule has 132 valence electrons. The fraction of sp³-hybridized carbons (Fsp3) is 0.143. The maximum Gasteiger partial charge on any atom is 0.160 e. The van der Waals surface area contributed by atoms with Crippen LogP contribution in [0.1, 0.15) is 11.3 Å². The number of ether oxygens (including phenoxy) is 2. The Morgan fingerprint density at radius 2 is 1.62 bits per heavy atom. The van der Waals surface area contributed by atoms with Crippen LogP contribution in [0, 0.1) is 0 Å². The molecule has 1 N–H and O–H groups in total. The van der Waals surface area contributed by atoms with Gasteiger partial charge in [-0.1, -0.05) is 12.1 Å². The molecule has 0 unspecified atom stereocenters. The lowest BCUT2D eigenvalue weighted by molar-refractivity contribution is -0.113. The summed E-state index contributed by atoms with van der Waals surface area (Å²) in [6, 6.07) is 17.0. The number of benzene rings is 2. The monoisotopic (exact) mass is 348 g/mol. The van der Waals surface area contributed by atoms with Gasteiger partial charge in [-0.3, -0.25) is 9.89 Å². The Kier molecular flexibility index (Phi) is 5.49. The predicted molar refractivity (Wildman–Crippen MR) is 101 cm³/mol. The summed E-state index contributed by atoms with van der Waals surface area (Å²) in [5.74, 6) is 1.60. The average molecular weight is 348 g/mol. The van der Waals surface area contributed by atoms with E-state index in [1.54, 1.807) is 26.4 Å². The summed E-state index contributed by atoms with van der Waals surface area (Å²) in [7, 11) is 3.25. The van der Waals surface area contributed by atoms with Crippen molar-refractivity contribution >= 4 is 11.9 Å². The van der Waals surface area contributed by atoms with Crippen LogP contribution < -0.4 is 9.47 Å². The number of H-pyrrole nitrogens is 1. The molecule has 0 bridgehead atoms. The second-order valence-electron chi connectivity index (χ2n) is 5.76. The highest BCUT2D eigenvalue weighted by Gasteiger charge is 2.04. The molecule has 1 aromatic heterocycles. The Hall–Kier alpha value is -3.34. The standard InChI is InChI=1S/C21H20N2O3/c1-25-19-9-3-15(4-10-19)13-18(24)8-7-17-14-21(23-22-17)16-5-11-20(26-2)12-6-16/h3-12,14H,13H2,1-2H3,(H,22,23). The van der Waals surface area contributed by atoms with Crippen molar-refractivity contribution in [3.8, 4) is 22.8 Å². The number of ketones is 1. The number of nitrogens with zero attached hydrogens (tertiary/aromatic N) is 1. The van der Waals surface area contributed by atoms with Crippen molar-refractivity contribution in [2.75, 3.05) is 14.2 Å². The van der Waals surface area contributed by atoms with Crippen molar-refractivity contribution in [2.24, 2.45) is 0 Å². The number of carbonyl (C=O) groups is 1. The summed E-state index contributed by atoms with van der Waals surface area (Å²) in [6.45, 7) is 0. The van der Waals surface area contributed by atoms with Crippen LogP contribution in [0.2, 0.25) is 0 Å². The summed E-state index contributed by atoms with van der Waals surface area (Å²) in [6.07, 6.45) is 3.65. The molecule has 0 fully saturated rings. The van der Waals surface area contributed by atoms with Crippen LogP contribution >= 0.6 is 0 Å². The Morgan fingerprint density at radius 1 is 1.00 bits per heavy atom. The van der Waals surface area contributed by atoms with Crippen molar-refractivity contribution < 1.29 is 14.3 Å². The van der Waals surface area contributed by atoms with Gasteiger partial charge in [0.05, 0.1) is 25.6 Å². The normalized spacial score (nSPS) is 10.8. The number of aromatic amines is 1. The smallest absolute Gasteiger partial charge is 0.160 e. The second-order valence-corrected chi connectivity index (χ2v) is 5.76. The third-order valence-electron chi connectivity index (χ3n) is 3.97. The van der Waals surface area contributed by atoms with Gasteiger partial charge >= 0.3 is 0 Å². The van der Waals surface area contributed by atoms with Gasteiger partial charge in [0.2, 0.25) is 0 Å². The van der Waals surface area contributed by atoms with Gasteiger partial charge < -0.3 is 9.47 Å². The SMILES string of the molecule is COc1ccc(CC(=O)C=Cc2cc(-c3ccc(OC)cc3)n[nH]2)cc1. The summed E-state index contributed by atoms with van der Waals surface area (Å²) in [5, 5.41) is 7.21. The minimum atomic E-state index is 0.0239. The van der Waals surface area contributed by atoms with Crippen molar-refractivity contribution in [1.29, 1.82) is 0 Å². The minimum absolute atomic E-state index is 0.0239. The maximum atomic E-state index is 12.1. The lowest BCUT2D eigenvalue weighted by Gasteiger charge is -2.01. The Morgan fingerprint density at radius 3 is 2.23 bits per heavy atom. The third-order valence-corrected chi connectivity index (χ3v) is 3.97. The molecule has 0 aliphatic carbocycles. The fourth-order valence-corrected chi connectivity index (χ4v) is 2.52. The molecule has 3 rings (SSSR count). The Bertz CT molecular complexity index is 894. The van der Waals surface area contributed by atoms with Gasteiger partial charge in [0.1, 0.15) is 11.5 Å². The van der Waals surface area contributed by atoms with Gasteiger partial charge in [-0.2, -0.15) is 5.10 Å². The quantitative estimate of drug-likeness (QED) is 0.657. The molecule has 0 saturated carbocycles. The molecule has 2 aromatic carbocycles. The first kappa shape index (κ1) is 17.5. The Labute approximate surface area is 152 Å². The first-order valence-electron chi connectivity index (χ1n) is 8.21. The van der Waals surface area contributed by atoms with Crippen LogP contribution in [0.25, 0.3) is 17.3 Å². The van der Waals surface area contributed by atoms with E-state index in [1.807, 2.05) is 54.6 Å². The van der Waals surface area contributed by atoms with Gasteiger partial charge in [-0.25, -0.2) is 0 Å². The van der Waals surface area contributed by atoms with E-state index in [2.05, 4.69) is 10.2 Å². The highest BCUT2D eigenvalue weighted by atomic mass is 16.5. The van der Waals surface area contributed by atoms with Crippen molar-refractivity contribution in [3.05, 3.63) is 71.9 Å². The number of hydrogen-bond acceptors (Lipinski definition) is 4. The summed E-state index contributed by atoms with van der Waals surface area (Å²) < 4.78 is 10.3. The first-order chi connectivity index (χ1) is 12.7. The van der Waals surface area contributed by atoms with Gasteiger partial charge in [0.25, 0.3) is 0 Å². The topological polar surface area (TPSA) is 64.2 Å². The van der Waals surface area contributed by atoms with E-state index in [0.717, 1.165) is 34.0 Å². The number of rotatable bonds is 7. The van der Waals surface area contributed by atoms with E-state index in [4.69, 9.17) is 9.47 Å². The summed E-state index contributed by atoms with van der Waals surface area (Å²) in [4.78, 5) is 12.1. The highest BCUT2D eigenvalue weighted by molar-refractivity contribution is 5.94. The molecule has 0 atom stereocenters. The van der Waals surface area contributed by atoms with E-state index in [-0.39, 0.29) is 5.78 Å². The Balaban J connectivity index is 1.62. The fourth-order valence-electron chi connectivity index (χ4n) is 2.52. The molecule has 0 saturated heterocycles. The molecule has 3 aromatic rings. The molecule has 0 amide bonds. The summed E-state index contributed by atoms with van der Waals surface area (Å²) >= 11 is 0. The third kappa shape index (κ3) is 4.39. The molecule has 26 heavy (non-hydrogen) atoms. The molecular formula is C21H20N2O3. The molecule has 1 heterocycles. The molecule has 0 aliphatic heterocycles. The number of nitrogens with one attached hydrogen (secondary N) is 1. The zero-order valence-electron chi connectivity index (χ0n) is 14.7. The number of carbonyl (C=O) groups excluding carboxylic acids is 1. The van der Waals surface area contributed by atoms with Gasteiger partial charge in [-0.05, 0) is 60.2 Å². The van der Waals surface area contributed by atoms with E-state index in [0.29, 0.717) is 6.42 Å². The number of aromatic nitrogens is 2. The first-order valence-corrected chi connectivity index (χ1v) is 8.21. The van der Waals surface area contributed by atoms with E-state index in [1.165, 1.54) is 0 Å². The molecule has 0 spiro atoms. The van der Waals surface area contributed by atoms with Crippen LogP contribution in [-0.2, 0) is 11.2 Å². The van der Waals surface area contributed by atoms with E-state index < -0.39 is 0 Å². The second kappa shape index (κ2) is 8.16. The minimum Gasteiger partial charge on any atom is -0.497 e. The van der Waals surface area contributed by atoms with Crippen molar-refractivity contribution in [1.82, 2.24) is 10.2 Å². The van der Waals surface area contributed by atoms with E-state index in [9.17, 15) is 4.79 Å². The van der Waals surface area contributed by atoms with Gasteiger partial charge in [-0.15, -0.1) is 0 Å². The molecular weight excluding hydrogens is 328 g/mol. The number of methoxy groups -OCH3 is 2. The molecule has 0 aliphatic rings. The lowest BCUT2D eigenvalue weighted by atomic mass is 10.1. The summed E-state index contributed by atoms with van der Waals surface area (Å²) in [5.41, 5.74) is 3.52. The molecule has 0 radical (unpaired) electrons. The predicted octanol–water partition coefficient (Wildman–Crippen LogP) is 3.92.